The topological polar surface area (TPSA) is 76.7 Å². The SMILES string of the molecule is COc1ccc(OCCNC(=O)C2(C(=O)NCC(C)C)CC2)cc1. The number of methoxy groups -OCH3 is 1. The Morgan fingerprint density at radius 3 is 2.21 bits per heavy atom. The zero-order valence-electron chi connectivity index (χ0n) is 14.6. The van der Waals surface area contributed by atoms with Crippen molar-refractivity contribution in [1.82, 2.24) is 10.6 Å². The van der Waals surface area contributed by atoms with Crippen molar-refractivity contribution < 1.29 is 19.1 Å². The number of amides is 2. The molecule has 6 heteroatoms. The molecule has 2 rings (SSSR count). The molecule has 1 aromatic rings. The Bertz CT molecular complexity index is 565. The lowest BCUT2D eigenvalue weighted by Crippen LogP contribution is -2.44. The van der Waals surface area contributed by atoms with E-state index in [4.69, 9.17) is 9.47 Å². The Morgan fingerprint density at radius 2 is 1.67 bits per heavy atom. The van der Waals surface area contributed by atoms with E-state index in [2.05, 4.69) is 10.6 Å². The molecule has 2 amide bonds. The third kappa shape index (κ3) is 4.63. The maximum absolute atomic E-state index is 12.3. The molecule has 0 saturated heterocycles. The highest BCUT2D eigenvalue weighted by atomic mass is 16.5. The van der Waals surface area contributed by atoms with Crippen molar-refractivity contribution in [3.8, 4) is 11.5 Å². The summed E-state index contributed by atoms with van der Waals surface area (Å²) in [5.74, 6) is 1.47. The van der Waals surface area contributed by atoms with E-state index >= 15 is 0 Å². The van der Waals surface area contributed by atoms with Gasteiger partial charge < -0.3 is 20.1 Å². The van der Waals surface area contributed by atoms with Gasteiger partial charge in [-0.25, -0.2) is 0 Å². The lowest BCUT2D eigenvalue weighted by atomic mass is 10.0. The van der Waals surface area contributed by atoms with Crippen LogP contribution in [0.3, 0.4) is 0 Å². The summed E-state index contributed by atoms with van der Waals surface area (Å²) in [6.07, 6.45) is 1.23. The molecule has 132 valence electrons. The summed E-state index contributed by atoms with van der Waals surface area (Å²) >= 11 is 0. The smallest absolute Gasteiger partial charge is 0.235 e. The van der Waals surface area contributed by atoms with E-state index in [9.17, 15) is 9.59 Å². The van der Waals surface area contributed by atoms with E-state index in [1.165, 1.54) is 0 Å². The Balaban J connectivity index is 1.71. The molecule has 2 N–H and O–H groups in total. The minimum absolute atomic E-state index is 0.162. The summed E-state index contributed by atoms with van der Waals surface area (Å²) < 4.78 is 10.6. The molecule has 0 radical (unpaired) electrons. The number of hydrogen-bond acceptors (Lipinski definition) is 4. The molecule has 1 saturated carbocycles. The highest BCUT2D eigenvalue weighted by molar-refractivity contribution is 6.07. The third-order valence-corrected chi connectivity index (χ3v) is 4.01. The second-order valence-corrected chi connectivity index (χ2v) is 6.47. The molecule has 24 heavy (non-hydrogen) atoms. The van der Waals surface area contributed by atoms with Crippen molar-refractivity contribution in [2.75, 3.05) is 26.8 Å². The van der Waals surface area contributed by atoms with Crippen molar-refractivity contribution in [2.24, 2.45) is 11.3 Å². The van der Waals surface area contributed by atoms with Crippen LogP contribution in [0.2, 0.25) is 0 Å². The fourth-order valence-electron chi connectivity index (χ4n) is 2.32. The van der Waals surface area contributed by atoms with Crippen LogP contribution in [0.4, 0.5) is 0 Å². The molecule has 0 aliphatic heterocycles. The highest BCUT2D eigenvalue weighted by Crippen LogP contribution is 2.46. The van der Waals surface area contributed by atoms with Crippen molar-refractivity contribution in [2.45, 2.75) is 26.7 Å². The van der Waals surface area contributed by atoms with E-state index < -0.39 is 5.41 Å². The van der Waals surface area contributed by atoms with Gasteiger partial charge in [-0.2, -0.15) is 0 Å². The van der Waals surface area contributed by atoms with Crippen LogP contribution in [0.1, 0.15) is 26.7 Å². The number of ether oxygens (including phenoxy) is 2. The predicted octanol–water partition coefficient (Wildman–Crippen LogP) is 1.74. The van der Waals surface area contributed by atoms with Gasteiger partial charge in [0.15, 0.2) is 0 Å². The van der Waals surface area contributed by atoms with Crippen LogP contribution in [0, 0.1) is 11.3 Å². The van der Waals surface area contributed by atoms with E-state index in [1.807, 2.05) is 38.1 Å². The van der Waals surface area contributed by atoms with Gasteiger partial charge in [0, 0.05) is 6.54 Å². The van der Waals surface area contributed by atoms with E-state index in [-0.39, 0.29) is 11.8 Å². The van der Waals surface area contributed by atoms with Crippen LogP contribution in [-0.2, 0) is 9.59 Å². The molecule has 0 atom stereocenters. The Kier molecular flexibility index (Phi) is 6.06. The monoisotopic (exact) mass is 334 g/mol. The number of nitrogens with one attached hydrogen (secondary N) is 2. The van der Waals surface area contributed by atoms with Gasteiger partial charge in [-0.3, -0.25) is 9.59 Å². The normalized spacial score (nSPS) is 14.8. The number of hydrogen-bond donors (Lipinski definition) is 2. The van der Waals surface area contributed by atoms with Crippen molar-refractivity contribution in [3.63, 3.8) is 0 Å². The minimum Gasteiger partial charge on any atom is -0.497 e. The van der Waals surface area contributed by atoms with E-state index in [0.29, 0.717) is 44.2 Å². The van der Waals surface area contributed by atoms with Gasteiger partial charge in [0.25, 0.3) is 0 Å². The molecule has 0 spiro atoms. The van der Waals surface area contributed by atoms with Gasteiger partial charge in [-0.05, 0) is 43.0 Å². The number of carbonyl (C=O) groups excluding carboxylic acids is 2. The van der Waals surface area contributed by atoms with Gasteiger partial charge in [0.2, 0.25) is 11.8 Å². The number of carbonyl (C=O) groups is 2. The van der Waals surface area contributed by atoms with Crippen molar-refractivity contribution in [3.05, 3.63) is 24.3 Å². The standard InChI is InChI=1S/C18H26N2O4/c1-13(2)12-20-17(22)18(8-9-18)16(21)19-10-11-24-15-6-4-14(23-3)5-7-15/h4-7,13H,8-12H2,1-3H3,(H,19,21)(H,20,22). The molecular weight excluding hydrogens is 308 g/mol. The lowest BCUT2D eigenvalue weighted by Gasteiger charge is -2.16. The first kappa shape index (κ1) is 18.1. The number of benzene rings is 1. The summed E-state index contributed by atoms with van der Waals surface area (Å²) in [6.45, 7) is 5.35. The maximum atomic E-state index is 12.3. The Labute approximate surface area is 142 Å². The summed E-state index contributed by atoms with van der Waals surface area (Å²) in [4.78, 5) is 24.4. The second kappa shape index (κ2) is 8.04. The first-order valence-electron chi connectivity index (χ1n) is 8.31. The Morgan fingerprint density at radius 1 is 1.08 bits per heavy atom. The second-order valence-electron chi connectivity index (χ2n) is 6.47. The molecule has 0 heterocycles. The molecule has 1 aromatic carbocycles. The van der Waals surface area contributed by atoms with Gasteiger partial charge in [-0.1, -0.05) is 13.8 Å². The average Bonchev–Trinajstić information content (AvgIpc) is 3.39. The van der Waals surface area contributed by atoms with Crippen LogP contribution in [-0.4, -0.2) is 38.6 Å². The van der Waals surface area contributed by atoms with Crippen LogP contribution in [0.15, 0.2) is 24.3 Å². The van der Waals surface area contributed by atoms with Crippen LogP contribution < -0.4 is 20.1 Å². The molecule has 1 aliphatic rings. The molecular formula is C18H26N2O4. The molecule has 0 bridgehead atoms. The summed E-state index contributed by atoms with van der Waals surface area (Å²) in [5, 5.41) is 5.65. The molecule has 6 nitrogen and oxygen atoms in total. The van der Waals surface area contributed by atoms with Crippen LogP contribution in [0.25, 0.3) is 0 Å². The van der Waals surface area contributed by atoms with Crippen molar-refractivity contribution in [1.29, 1.82) is 0 Å². The average molecular weight is 334 g/mol. The maximum Gasteiger partial charge on any atom is 0.235 e. The summed E-state index contributed by atoms with van der Waals surface area (Å²) in [6, 6.07) is 7.24. The van der Waals surface area contributed by atoms with Crippen LogP contribution >= 0.6 is 0 Å². The first-order valence-corrected chi connectivity index (χ1v) is 8.31. The number of rotatable bonds is 9. The zero-order valence-corrected chi connectivity index (χ0v) is 14.6. The van der Waals surface area contributed by atoms with Crippen molar-refractivity contribution >= 4 is 11.8 Å². The molecule has 0 unspecified atom stereocenters. The van der Waals surface area contributed by atoms with Crippen LogP contribution in [0.5, 0.6) is 11.5 Å². The quantitative estimate of drug-likeness (QED) is 0.533. The highest BCUT2D eigenvalue weighted by Gasteiger charge is 2.56. The summed E-state index contributed by atoms with van der Waals surface area (Å²) in [7, 11) is 1.61. The van der Waals surface area contributed by atoms with Gasteiger partial charge in [0.05, 0.1) is 13.7 Å². The summed E-state index contributed by atoms with van der Waals surface area (Å²) in [5.41, 5.74) is -0.866. The third-order valence-electron chi connectivity index (χ3n) is 4.01. The van der Waals surface area contributed by atoms with Gasteiger partial charge in [-0.15, -0.1) is 0 Å². The molecule has 1 aliphatic carbocycles. The first-order chi connectivity index (χ1) is 11.5. The fourth-order valence-corrected chi connectivity index (χ4v) is 2.32. The minimum atomic E-state index is -0.866. The molecule has 1 fully saturated rings. The predicted molar refractivity (Wildman–Crippen MR) is 91.0 cm³/mol. The van der Waals surface area contributed by atoms with E-state index in [0.717, 1.165) is 5.75 Å². The van der Waals surface area contributed by atoms with E-state index in [1.54, 1.807) is 7.11 Å². The zero-order chi connectivity index (χ0) is 17.6. The Hall–Kier alpha value is -2.24. The lowest BCUT2D eigenvalue weighted by molar-refractivity contribution is -0.137. The molecule has 0 aromatic heterocycles. The fraction of sp³-hybridized carbons (Fsp3) is 0.556. The van der Waals surface area contributed by atoms with Gasteiger partial charge >= 0.3 is 0 Å². The largest absolute Gasteiger partial charge is 0.497 e. The van der Waals surface area contributed by atoms with Gasteiger partial charge in [0.1, 0.15) is 23.5 Å².